The number of rotatable bonds is 3. The SMILES string of the molecule is COC(=O)c1ccc(-c2ccc(Cl)cc2)nc1C(=O)O. The number of carbonyl (C=O) groups is 2. The van der Waals surface area contributed by atoms with Crippen molar-refractivity contribution in [3.63, 3.8) is 0 Å². The van der Waals surface area contributed by atoms with Gasteiger partial charge < -0.3 is 9.84 Å². The van der Waals surface area contributed by atoms with Crippen LogP contribution < -0.4 is 0 Å². The van der Waals surface area contributed by atoms with Gasteiger partial charge in [-0.15, -0.1) is 0 Å². The monoisotopic (exact) mass is 291 g/mol. The molecule has 0 atom stereocenters. The highest BCUT2D eigenvalue weighted by atomic mass is 35.5. The topological polar surface area (TPSA) is 76.5 Å². The van der Waals surface area contributed by atoms with Gasteiger partial charge in [0.2, 0.25) is 0 Å². The van der Waals surface area contributed by atoms with E-state index in [1.165, 1.54) is 13.2 Å². The van der Waals surface area contributed by atoms with Gasteiger partial charge in [0.05, 0.1) is 18.4 Å². The fraction of sp³-hybridized carbons (Fsp3) is 0.0714. The van der Waals surface area contributed by atoms with Gasteiger partial charge in [-0.2, -0.15) is 0 Å². The number of carbonyl (C=O) groups excluding carboxylic acids is 1. The smallest absolute Gasteiger partial charge is 0.355 e. The Labute approximate surface area is 119 Å². The minimum Gasteiger partial charge on any atom is -0.476 e. The third-order valence-corrected chi connectivity index (χ3v) is 2.90. The second-order valence-electron chi connectivity index (χ2n) is 3.90. The molecule has 0 bridgehead atoms. The summed E-state index contributed by atoms with van der Waals surface area (Å²) in [6.07, 6.45) is 0. The van der Waals surface area contributed by atoms with Crippen LogP contribution >= 0.6 is 11.6 Å². The van der Waals surface area contributed by atoms with Crippen LogP contribution in [0.4, 0.5) is 0 Å². The first-order chi connectivity index (χ1) is 9.52. The number of carboxylic acid groups (broad SMARTS) is 1. The summed E-state index contributed by atoms with van der Waals surface area (Å²) < 4.78 is 4.53. The van der Waals surface area contributed by atoms with Crippen molar-refractivity contribution in [2.45, 2.75) is 0 Å². The van der Waals surface area contributed by atoms with Crippen LogP contribution in [0.3, 0.4) is 0 Å². The molecule has 0 radical (unpaired) electrons. The van der Waals surface area contributed by atoms with Crippen LogP contribution in [0.25, 0.3) is 11.3 Å². The van der Waals surface area contributed by atoms with Gasteiger partial charge >= 0.3 is 11.9 Å². The normalized spacial score (nSPS) is 10.1. The van der Waals surface area contributed by atoms with Crippen LogP contribution in [0.1, 0.15) is 20.8 Å². The summed E-state index contributed by atoms with van der Waals surface area (Å²) in [4.78, 5) is 26.7. The molecule has 20 heavy (non-hydrogen) atoms. The number of hydrogen-bond donors (Lipinski definition) is 1. The van der Waals surface area contributed by atoms with E-state index in [-0.39, 0.29) is 11.3 Å². The van der Waals surface area contributed by atoms with Crippen LogP contribution in [-0.4, -0.2) is 29.1 Å². The number of aromatic nitrogens is 1. The van der Waals surface area contributed by atoms with Crippen LogP contribution in [0.15, 0.2) is 36.4 Å². The number of esters is 1. The summed E-state index contributed by atoms with van der Waals surface area (Å²) in [5.41, 5.74) is 0.710. The lowest BCUT2D eigenvalue weighted by Gasteiger charge is -2.06. The average Bonchev–Trinajstić information content (AvgIpc) is 2.46. The molecule has 2 aromatic rings. The van der Waals surface area contributed by atoms with Gasteiger partial charge in [-0.3, -0.25) is 0 Å². The van der Waals surface area contributed by atoms with Crippen molar-refractivity contribution in [3.8, 4) is 11.3 Å². The van der Waals surface area contributed by atoms with Gasteiger partial charge in [0, 0.05) is 10.6 Å². The number of pyridine rings is 1. The van der Waals surface area contributed by atoms with Crippen LogP contribution in [-0.2, 0) is 4.74 Å². The largest absolute Gasteiger partial charge is 0.476 e. The lowest BCUT2D eigenvalue weighted by Crippen LogP contribution is -2.12. The molecule has 6 heteroatoms. The molecule has 5 nitrogen and oxygen atoms in total. The Kier molecular flexibility index (Phi) is 4.00. The summed E-state index contributed by atoms with van der Waals surface area (Å²) in [7, 11) is 1.18. The van der Waals surface area contributed by atoms with Gasteiger partial charge in [-0.25, -0.2) is 14.6 Å². The predicted molar refractivity (Wildman–Crippen MR) is 73.0 cm³/mol. The Morgan fingerprint density at radius 3 is 2.35 bits per heavy atom. The second-order valence-corrected chi connectivity index (χ2v) is 4.33. The Balaban J connectivity index is 2.52. The first kappa shape index (κ1) is 14.0. The summed E-state index contributed by atoms with van der Waals surface area (Å²) >= 11 is 5.79. The molecule has 0 saturated carbocycles. The number of carboxylic acids is 1. The highest BCUT2D eigenvalue weighted by molar-refractivity contribution is 6.30. The molecule has 0 saturated heterocycles. The molecule has 0 amide bonds. The molecular formula is C14H10ClNO4. The summed E-state index contributed by atoms with van der Waals surface area (Å²) in [6.45, 7) is 0. The number of hydrogen-bond acceptors (Lipinski definition) is 4. The first-order valence-corrected chi connectivity index (χ1v) is 5.99. The maximum atomic E-state index is 11.5. The van der Waals surface area contributed by atoms with E-state index < -0.39 is 11.9 Å². The van der Waals surface area contributed by atoms with Crippen molar-refractivity contribution >= 4 is 23.5 Å². The first-order valence-electron chi connectivity index (χ1n) is 5.61. The number of benzene rings is 1. The van der Waals surface area contributed by atoms with Crippen LogP contribution in [0.5, 0.6) is 0 Å². The fourth-order valence-corrected chi connectivity index (χ4v) is 1.80. The highest BCUT2D eigenvalue weighted by Gasteiger charge is 2.19. The van der Waals surface area contributed by atoms with Crippen molar-refractivity contribution in [2.75, 3.05) is 7.11 Å². The van der Waals surface area contributed by atoms with Crippen molar-refractivity contribution < 1.29 is 19.4 Å². The average molecular weight is 292 g/mol. The minimum atomic E-state index is -1.29. The number of methoxy groups -OCH3 is 1. The Bertz CT molecular complexity index is 667. The van der Waals surface area contributed by atoms with Crippen molar-refractivity contribution in [1.82, 2.24) is 4.98 Å². The maximum absolute atomic E-state index is 11.5. The zero-order valence-corrected chi connectivity index (χ0v) is 11.2. The summed E-state index contributed by atoms with van der Waals surface area (Å²) in [5, 5.41) is 9.70. The van der Waals surface area contributed by atoms with Gasteiger partial charge in [0.1, 0.15) is 0 Å². The highest BCUT2D eigenvalue weighted by Crippen LogP contribution is 2.21. The van der Waals surface area contributed by atoms with E-state index in [1.54, 1.807) is 30.3 Å². The van der Waals surface area contributed by atoms with Gasteiger partial charge in [0.15, 0.2) is 5.69 Å². The Hall–Kier alpha value is -2.40. The zero-order chi connectivity index (χ0) is 14.7. The van der Waals surface area contributed by atoms with Gasteiger partial charge in [-0.1, -0.05) is 23.7 Å². The fourth-order valence-electron chi connectivity index (χ4n) is 1.68. The standard InChI is InChI=1S/C14H10ClNO4/c1-20-14(19)10-6-7-11(16-12(10)13(17)18)8-2-4-9(15)5-3-8/h2-7H,1H3,(H,17,18). The molecule has 0 aliphatic heterocycles. The number of nitrogens with zero attached hydrogens (tertiary/aromatic N) is 1. The number of aromatic carboxylic acids is 1. The molecule has 0 unspecified atom stereocenters. The third-order valence-electron chi connectivity index (χ3n) is 2.64. The van der Waals surface area contributed by atoms with E-state index in [9.17, 15) is 9.59 Å². The van der Waals surface area contributed by atoms with Crippen molar-refractivity contribution in [3.05, 3.63) is 52.7 Å². The minimum absolute atomic E-state index is 0.0855. The van der Waals surface area contributed by atoms with E-state index in [1.807, 2.05) is 0 Å². The summed E-state index contributed by atoms with van der Waals surface area (Å²) in [6, 6.07) is 9.72. The van der Waals surface area contributed by atoms with Crippen molar-refractivity contribution in [1.29, 1.82) is 0 Å². The molecular weight excluding hydrogens is 282 g/mol. The molecule has 1 aromatic heterocycles. The van der Waals surface area contributed by atoms with E-state index in [2.05, 4.69) is 9.72 Å². The van der Waals surface area contributed by atoms with Crippen molar-refractivity contribution in [2.24, 2.45) is 0 Å². The molecule has 1 heterocycles. The lowest BCUT2D eigenvalue weighted by molar-refractivity contribution is 0.0580. The zero-order valence-electron chi connectivity index (χ0n) is 10.5. The quantitative estimate of drug-likeness (QED) is 0.880. The maximum Gasteiger partial charge on any atom is 0.355 e. The van der Waals surface area contributed by atoms with E-state index in [0.717, 1.165) is 0 Å². The molecule has 0 aliphatic rings. The molecule has 0 spiro atoms. The number of ether oxygens (including phenoxy) is 1. The molecule has 0 aliphatic carbocycles. The second kappa shape index (κ2) is 5.71. The van der Waals surface area contributed by atoms with E-state index in [0.29, 0.717) is 16.3 Å². The summed E-state index contributed by atoms with van der Waals surface area (Å²) in [5.74, 6) is -2.03. The lowest BCUT2D eigenvalue weighted by atomic mass is 10.1. The number of halogens is 1. The Morgan fingerprint density at radius 2 is 1.80 bits per heavy atom. The molecule has 102 valence electrons. The molecule has 2 rings (SSSR count). The van der Waals surface area contributed by atoms with Gasteiger partial charge in [0.25, 0.3) is 0 Å². The van der Waals surface area contributed by atoms with Crippen LogP contribution in [0.2, 0.25) is 5.02 Å². The van der Waals surface area contributed by atoms with E-state index >= 15 is 0 Å². The molecule has 1 aromatic carbocycles. The predicted octanol–water partition coefficient (Wildman–Crippen LogP) is 2.89. The van der Waals surface area contributed by atoms with E-state index in [4.69, 9.17) is 16.7 Å². The molecule has 1 N–H and O–H groups in total. The Morgan fingerprint density at radius 1 is 1.15 bits per heavy atom. The van der Waals surface area contributed by atoms with Gasteiger partial charge in [-0.05, 0) is 24.3 Å². The third kappa shape index (κ3) is 2.78. The van der Waals surface area contributed by atoms with Crippen LogP contribution in [0, 0.1) is 0 Å². The molecule has 0 fully saturated rings.